The molecule has 1 N–H and O–H groups in total. The van der Waals surface area contributed by atoms with Gasteiger partial charge in [0.25, 0.3) is 5.91 Å². The van der Waals surface area contributed by atoms with Crippen molar-refractivity contribution in [3.05, 3.63) is 87.9 Å². The molecule has 31 heavy (non-hydrogen) atoms. The summed E-state index contributed by atoms with van der Waals surface area (Å²) in [5, 5.41) is 5.21. The number of methoxy groups -OCH3 is 1. The zero-order chi connectivity index (χ0) is 22.1. The number of carbonyl (C=O) groups excluding carboxylic acids is 1. The van der Waals surface area contributed by atoms with Gasteiger partial charge in [-0.25, -0.2) is 5.43 Å². The molecule has 3 aromatic rings. The molecule has 0 aliphatic heterocycles. The third kappa shape index (κ3) is 6.91. The van der Waals surface area contributed by atoms with E-state index in [4.69, 9.17) is 37.4 Å². The Morgan fingerprint density at radius 3 is 2.52 bits per heavy atom. The molecule has 0 unspecified atom stereocenters. The predicted molar refractivity (Wildman–Crippen MR) is 121 cm³/mol. The summed E-state index contributed by atoms with van der Waals surface area (Å²) in [6.45, 7) is 0.109. The van der Waals surface area contributed by atoms with Crippen molar-refractivity contribution in [2.24, 2.45) is 5.10 Å². The van der Waals surface area contributed by atoms with Crippen LogP contribution in [0.4, 0.5) is 0 Å². The SMILES string of the molecule is COc1cccc(C=NNC(=O)COc2ccc(Cl)cc2)c1OCc1cccc(Cl)c1. The molecule has 0 aromatic heterocycles. The maximum atomic E-state index is 12.0. The number of hydrogen-bond acceptors (Lipinski definition) is 5. The summed E-state index contributed by atoms with van der Waals surface area (Å²) in [6.07, 6.45) is 1.48. The van der Waals surface area contributed by atoms with Gasteiger partial charge in [0.05, 0.1) is 13.3 Å². The Hall–Kier alpha value is -3.22. The average Bonchev–Trinajstić information content (AvgIpc) is 2.77. The largest absolute Gasteiger partial charge is 0.493 e. The molecule has 0 radical (unpaired) electrons. The second-order valence-corrected chi connectivity index (χ2v) is 7.21. The molecule has 0 aliphatic carbocycles. The maximum absolute atomic E-state index is 12.0. The number of nitrogens with zero attached hydrogens (tertiary/aromatic N) is 1. The topological polar surface area (TPSA) is 69.2 Å². The van der Waals surface area contributed by atoms with Crippen molar-refractivity contribution in [2.45, 2.75) is 6.61 Å². The molecule has 8 heteroatoms. The highest BCUT2D eigenvalue weighted by molar-refractivity contribution is 6.30. The molecule has 6 nitrogen and oxygen atoms in total. The summed E-state index contributed by atoms with van der Waals surface area (Å²) in [7, 11) is 1.55. The fraction of sp³-hybridized carbons (Fsp3) is 0.130. The van der Waals surface area contributed by atoms with Gasteiger partial charge in [-0.1, -0.05) is 41.4 Å². The second kappa shape index (κ2) is 11.2. The van der Waals surface area contributed by atoms with E-state index in [9.17, 15) is 4.79 Å². The van der Waals surface area contributed by atoms with Crippen LogP contribution in [0.25, 0.3) is 0 Å². The summed E-state index contributed by atoms with van der Waals surface area (Å²) < 4.78 is 16.7. The van der Waals surface area contributed by atoms with Crippen LogP contribution in [0.2, 0.25) is 10.0 Å². The molecule has 0 saturated carbocycles. The summed E-state index contributed by atoms with van der Waals surface area (Å²) in [6, 6.07) is 19.5. The van der Waals surface area contributed by atoms with Crippen molar-refractivity contribution in [1.82, 2.24) is 5.43 Å². The molecular formula is C23H20Cl2N2O4. The molecule has 3 aromatic carbocycles. The first kappa shape index (κ1) is 22.5. The van der Waals surface area contributed by atoms with Crippen molar-refractivity contribution in [1.29, 1.82) is 0 Å². The van der Waals surface area contributed by atoms with Gasteiger partial charge in [-0.3, -0.25) is 4.79 Å². The van der Waals surface area contributed by atoms with E-state index in [1.807, 2.05) is 18.2 Å². The quantitative estimate of drug-likeness (QED) is 0.357. The van der Waals surface area contributed by atoms with E-state index in [1.165, 1.54) is 6.21 Å². The van der Waals surface area contributed by atoms with E-state index in [-0.39, 0.29) is 6.61 Å². The van der Waals surface area contributed by atoms with Crippen LogP contribution in [0.1, 0.15) is 11.1 Å². The van der Waals surface area contributed by atoms with Gasteiger partial charge in [0.1, 0.15) is 12.4 Å². The van der Waals surface area contributed by atoms with E-state index in [0.29, 0.717) is 39.5 Å². The number of ether oxygens (including phenoxy) is 3. The molecule has 0 aliphatic rings. The second-order valence-electron chi connectivity index (χ2n) is 6.33. The fourth-order valence-electron chi connectivity index (χ4n) is 2.62. The summed E-state index contributed by atoms with van der Waals surface area (Å²) in [5.41, 5.74) is 3.97. The van der Waals surface area contributed by atoms with Crippen molar-refractivity contribution in [3.8, 4) is 17.2 Å². The zero-order valence-corrected chi connectivity index (χ0v) is 18.2. The summed E-state index contributed by atoms with van der Waals surface area (Å²) in [4.78, 5) is 12.0. The monoisotopic (exact) mass is 458 g/mol. The van der Waals surface area contributed by atoms with E-state index >= 15 is 0 Å². The first-order valence-corrected chi connectivity index (χ1v) is 10.1. The lowest BCUT2D eigenvalue weighted by molar-refractivity contribution is -0.123. The minimum Gasteiger partial charge on any atom is -0.493 e. The third-order valence-corrected chi connectivity index (χ3v) is 4.57. The highest BCUT2D eigenvalue weighted by atomic mass is 35.5. The number of rotatable bonds is 9. The number of amides is 1. The molecule has 0 atom stereocenters. The number of halogens is 2. The Morgan fingerprint density at radius 2 is 1.77 bits per heavy atom. The van der Waals surface area contributed by atoms with Crippen LogP contribution in [-0.4, -0.2) is 25.8 Å². The van der Waals surface area contributed by atoms with Gasteiger partial charge < -0.3 is 14.2 Å². The Balaban J connectivity index is 1.61. The normalized spacial score (nSPS) is 10.7. The standard InChI is InChI=1S/C23H20Cl2N2O4/c1-29-21-7-3-5-17(23(21)31-14-16-4-2-6-19(25)12-16)13-26-27-22(28)15-30-20-10-8-18(24)9-11-20/h2-13H,14-15H2,1H3,(H,27,28). The van der Waals surface area contributed by atoms with Gasteiger partial charge in [-0.2, -0.15) is 5.10 Å². The Kier molecular flexibility index (Phi) is 8.15. The third-order valence-electron chi connectivity index (χ3n) is 4.08. The molecule has 1 amide bonds. The molecular weight excluding hydrogens is 439 g/mol. The highest BCUT2D eigenvalue weighted by Crippen LogP contribution is 2.31. The number of hydrogen-bond donors (Lipinski definition) is 1. The number of nitrogens with one attached hydrogen (secondary N) is 1. The molecule has 160 valence electrons. The van der Waals surface area contributed by atoms with Gasteiger partial charge in [0.15, 0.2) is 18.1 Å². The molecule has 0 spiro atoms. The van der Waals surface area contributed by atoms with E-state index < -0.39 is 5.91 Å². The van der Waals surface area contributed by atoms with Crippen LogP contribution in [0.15, 0.2) is 71.8 Å². The Morgan fingerprint density at radius 1 is 1.00 bits per heavy atom. The van der Waals surface area contributed by atoms with E-state index in [1.54, 1.807) is 55.6 Å². The lowest BCUT2D eigenvalue weighted by Gasteiger charge is -2.13. The Bertz CT molecular complexity index is 1060. The van der Waals surface area contributed by atoms with Crippen LogP contribution < -0.4 is 19.6 Å². The van der Waals surface area contributed by atoms with E-state index in [2.05, 4.69) is 10.5 Å². The van der Waals surface area contributed by atoms with Crippen LogP contribution in [0, 0.1) is 0 Å². The van der Waals surface area contributed by atoms with Crippen LogP contribution in [0.3, 0.4) is 0 Å². The number of para-hydroxylation sites is 1. The minimum absolute atomic E-state index is 0.185. The smallest absolute Gasteiger partial charge is 0.277 e. The molecule has 0 bridgehead atoms. The van der Waals surface area contributed by atoms with Crippen LogP contribution in [0.5, 0.6) is 17.2 Å². The molecule has 0 fully saturated rings. The van der Waals surface area contributed by atoms with Crippen LogP contribution >= 0.6 is 23.2 Å². The van der Waals surface area contributed by atoms with Gasteiger partial charge in [-0.05, 0) is 54.1 Å². The van der Waals surface area contributed by atoms with Gasteiger partial charge in [0, 0.05) is 15.6 Å². The maximum Gasteiger partial charge on any atom is 0.277 e. The van der Waals surface area contributed by atoms with Crippen molar-refractivity contribution < 1.29 is 19.0 Å². The van der Waals surface area contributed by atoms with Crippen molar-refractivity contribution in [3.63, 3.8) is 0 Å². The van der Waals surface area contributed by atoms with Crippen molar-refractivity contribution >= 4 is 35.3 Å². The fourth-order valence-corrected chi connectivity index (χ4v) is 2.96. The summed E-state index contributed by atoms with van der Waals surface area (Å²) >= 11 is 11.8. The lowest BCUT2D eigenvalue weighted by atomic mass is 10.2. The highest BCUT2D eigenvalue weighted by Gasteiger charge is 2.10. The van der Waals surface area contributed by atoms with Crippen LogP contribution in [-0.2, 0) is 11.4 Å². The molecule has 3 rings (SSSR count). The average molecular weight is 459 g/mol. The van der Waals surface area contributed by atoms with Gasteiger partial charge in [0.2, 0.25) is 0 Å². The van der Waals surface area contributed by atoms with E-state index in [0.717, 1.165) is 5.56 Å². The Labute approximate surface area is 190 Å². The lowest BCUT2D eigenvalue weighted by Crippen LogP contribution is -2.24. The first-order valence-electron chi connectivity index (χ1n) is 9.29. The zero-order valence-electron chi connectivity index (χ0n) is 16.7. The number of hydrazone groups is 1. The first-order chi connectivity index (χ1) is 15.0. The summed E-state index contributed by atoms with van der Waals surface area (Å²) in [5.74, 6) is 1.17. The molecule has 0 saturated heterocycles. The molecule has 0 heterocycles. The number of carbonyl (C=O) groups is 1. The van der Waals surface area contributed by atoms with Gasteiger partial charge in [-0.15, -0.1) is 0 Å². The van der Waals surface area contributed by atoms with Gasteiger partial charge >= 0.3 is 0 Å². The number of benzene rings is 3. The predicted octanol–water partition coefficient (Wildman–Crippen LogP) is 5.11. The van der Waals surface area contributed by atoms with Crippen molar-refractivity contribution in [2.75, 3.05) is 13.7 Å². The minimum atomic E-state index is -0.407.